The van der Waals surface area contributed by atoms with E-state index in [1.807, 2.05) is 48.5 Å². The zero-order chi connectivity index (χ0) is 20.6. The number of rotatable bonds is 10. The van der Waals surface area contributed by atoms with Gasteiger partial charge in [0.15, 0.2) is 0 Å². The van der Waals surface area contributed by atoms with E-state index < -0.39 is 0 Å². The monoisotopic (exact) mass is 396 g/mol. The second-order valence-corrected chi connectivity index (χ2v) is 7.23. The van der Waals surface area contributed by atoms with Crippen molar-refractivity contribution in [2.45, 2.75) is 19.3 Å². The number of carbonyl (C=O) groups excluding carboxylic acids is 2. The normalized spacial score (nSPS) is 17.3. The summed E-state index contributed by atoms with van der Waals surface area (Å²) in [4.78, 5) is 24.5. The van der Waals surface area contributed by atoms with Crippen molar-refractivity contribution >= 4 is 11.8 Å². The van der Waals surface area contributed by atoms with Crippen molar-refractivity contribution in [1.29, 1.82) is 0 Å². The van der Waals surface area contributed by atoms with Crippen LogP contribution < -0.4 is 20.1 Å². The second kappa shape index (κ2) is 9.96. The van der Waals surface area contributed by atoms with Gasteiger partial charge in [0, 0.05) is 13.1 Å². The van der Waals surface area contributed by atoms with Gasteiger partial charge in [-0.25, -0.2) is 0 Å². The Morgan fingerprint density at radius 3 is 2.00 bits per heavy atom. The predicted molar refractivity (Wildman–Crippen MR) is 111 cm³/mol. The lowest BCUT2D eigenvalue weighted by Crippen LogP contribution is -2.32. The Bertz CT molecular complexity index is 835. The van der Waals surface area contributed by atoms with E-state index in [0.29, 0.717) is 19.5 Å². The highest BCUT2D eigenvalue weighted by Crippen LogP contribution is 2.38. The molecule has 0 aromatic heterocycles. The maximum Gasteiger partial charge on any atom is 0.223 e. The molecule has 1 aliphatic carbocycles. The summed E-state index contributed by atoms with van der Waals surface area (Å²) in [6, 6.07) is 15.6. The molecule has 2 aromatic rings. The molecule has 0 aliphatic heterocycles. The van der Waals surface area contributed by atoms with E-state index in [1.54, 1.807) is 14.2 Å². The van der Waals surface area contributed by atoms with Crippen molar-refractivity contribution in [2.75, 3.05) is 27.3 Å². The van der Waals surface area contributed by atoms with Crippen LogP contribution in [0.2, 0.25) is 0 Å². The SMILES string of the molecule is COc1ccc(CCNC(=O)C2CC2C(=O)NCCc2cccc(OC)c2)cc1. The molecule has 29 heavy (non-hydrogen) atoms. The number of benzene rings is 2. The summed E-state index contributed by atoms with van der Waals surface area (Å²) in [5.41, 5.74) is 2.24. The molecule has 0 spiro atoms. The highest BCUT2D eigenvalue weighted by molar-refractivity contribution is 5.92. The first-order valence-corrected chi connectivity index (χ1v) is 9.92. The van der Waals surface area contributed by atoms with Crippen LogP contribution in [0.5, 0.6) is 11.5 Å². The molecular weight excluding hydrogens is 368 g/mol. The quantitative estimate of drug-likeness (QED) is 0.646. The summed E-state index contributed by atoms with van der Waals surface area (Å²) in [6.07, 6.45) is 2.10. The van der Waals surface area contributed by atoms with Crippen molar-refractivity contribution in [1.82, 2.24) is 10.6 Å². The summed E-state index contributed by atoms with van der Waals surface area (Å²) < 4.78 is 10.3. The molecule has 2 N–H and O–H groups in total. The topological polar surface area (TPSA) is 76.7 Å². The molecule has 2 atom stereocenters. The summed E-state index contributed by atoms with van der Waals surface area (Å²) in [5.74, 6) is 1.14. The van der Waals surface area contributed by atoms with Crippen LogP contribution in [0.15, 0.2) is 48.5 Å². The molecule has 3 rings (SSSR count). The van der Waals surface area contributed by atoms with Crippen LogP contribution in [0.1, 0.15) is 17.5 Å². The number of hydrogen-bond donors (Lipinski definition) is 2. The summed E-state index contributed by atoms with van der Waals surface area (Å²) in [5, 5.41) is 5.87. The van der Waals surface area contributed by atoms with Crippen molar-refractivity contribution in [3.8, 4) is 11.5 Å². The average Bonchev–Trinajstić information content (AvgIpc) is 3.55. The smallest absolute Gasteiger partial charge is 0.223 e. The highest BCUT2D eigenvalue weighted by atomic mass is 16.5. The fourth-order valence-corrected chi connectivity index (χ4v) is 3.32. The Kier molecular flexibility index (Phi) is 7.11. The lowest BCUT2D eigenvalue weighted by atomic mass is 10.1. The van der Waals surface area contributed by atoms with E-state index >= 15 is 0 Å². The summed E-state index contributed by atoms with van der Waals surface area (Å²) >= 11 is 0. The van der Waals surface area contributed by atoms with E-state index in [-0.39, 0.29) is 23.7 Å². The van der Waals surface area contributed by atoms with Gasteiger partial charge in [0.25, 0.3) is 0 Å². The van der Waals surface area contributed by atoms with E-state index in [2.05, 4.69) is 10.6 Å². The van der Waals surface area contributed by atoms with Gasteiger partial charge in [-0.1, -0.05) is 24.3 Å². The molecule has 2 amide bonds. The van der Waals surface area contributed by atoms with Gasteiger partial charge in [0.2, 0.25) is 11.8 Å². The van der Waals surface area contributed by atoms with E-state index in [4.69, 9.17) is 9.47 Å². The lowest BCUT2D eigenvalue weighted by Gasteiger charge is -2.08. The van der Waals surface area contributed by atoms with E-state index in [9.17, 15) is 9.59 Å². The second-order valence-electron chi connectivity index (χ2n) is 7.23. The van der Waals surface area contributed by atoms with Crippen LogP contribution in [0.25, 0.3) is 0 Å². The third-order valence-electron chi connectivity index (χ3n) is 5.18. The number of ether oxygens (including phenoxy) is 2. The van der Waals surface area contributed by atoms with Gasteiger partial charge in [-0.3, -0.25) is 9.59 Å². The Balaban J connectivity index is 1.33. The van der Waals surface area contributed by atoms with Gasteiger partial charge in [-0.15, -0.1) is 0 Å². The third-order valence-corrected chi connectivity index (χ3v) is 5.18. The zero-order valence-electron chi connectivity index (χ0n) is 16.9. The minimum atomic E-state index is -0.207. The minimum absolute atomic E-state index is 0.0357. The molecule has 0 heterocycles. The molecule has 1 fully saturated rings. The average molecular weight is 396 g/mol. The van der Waals surface area contributed by atoms with E-state index in [0.717, 1.165) is 35.5 Å². The molecular formula is C23H28N2O4. The van der Waals surface area contributed by atoms with Crippen molar-refractivity contribution < 1.29 is 19.1 Å². The standard InChI is InChI=1S/C23H28N2O4/c1-28-18-8-6-16(7-9-18)10-12-24-22(26)20-15-21(20)23(27)25-13-11-17-4-3-5-19(14-17)29-2/h3-9,14,20-21H,10-13,15H2,1-2H3,(H,24,26)(H,25,27). The van der Waals surface area contributed by atoms with Crippen LogP contribution in [-0.4, -0.2) is 39.1 Å². The minimum Gasteiger partial charge on any atom is -0.497 e. The maximum atomic E-state index is 12.3. The molecule has 154 valence electrons. The van der Waals surface area contributed by atoms with Crippen LogP contribution in [0, 0.1) is 11.8 Å². The third kappa shape index (κ3) is 5.98. The van der Waals surface area contributed by atoms with Gasteiger partial charge in [-0.05, 0) is 54.7 Å². The van der Waals surface area contributed by atoms with Gasteiger partial charge in [0.05, 0.1) is 26.1 Å². The van der Waals surface area contributed by atoms with Crippen LogP contribution in [0.4, 0.5) is 0 Å². The summed E-state index contributed by atoms with van der Waals surface area (Å²) in [6.45, 7) is 1.11. The fourth-order valence-electron chi connectivity index (χ4n) is 3.32. The molecule has 1 saturated carbocycles. The van der Waals surface area contributed by atoms with Crippen LogP contribution in [0.3, 0.4) is 0 Å². The maximum absolute atomic E-state index is 12.3. The molecule has 2 unspecified atom stereocenters. The van der Waals surface area contributed by atoms with Gasteiger partial charge < -0.3 is 20.1 Å². The fraction of sp³-hybridized carbons (Fsp3) is 0.391. The highest BCUT2D eigenvalue weighted by Gasteiger charge is 2.47. The first-order valence-electron chi connectivity index (χ1n) is 9.92. The Morgan fingerprint density at radius 1 is 0.828 bits per heavy atom. The predicted octanol–water partition coefficient (Wildman–Crippen LogP) is 2.36. The van der Waals surface area contributed by atoms with Gasteiger partial charge in [-0.2, -0.15) is 0 Å². The van der Waals surface area contributed by atoms with Crippen molar-refractivity contribution in [3.05, 3.63) is 59.7 Å². The Morgan fingerprint density at radius 2 is 1.41 bits per heavy atom. The number of amides is 2. The molecule has 0 bridgehead atoms. The number of hydrogen-bond acceptors (Lipinski definition) is 4. The molecule has 0 radical (unpaired) electrons. The number of nitrogens with one attached hydrogen (secondary N) is 2. The first-order chi connectivity index (χ1) is 14.1. The Hall–Kier alpha value is -3.02. The lowest BCUT2D eigenvalue weighted by molar-refractivity contribution is -0.127. The van der Waals surface area contributed by atoms with Crippen molar-refractivity contribution in [3.63, 3.8) is 0 Å². The van der Waals surface area contributed by atoms with Crippen LogP contribution >= 0.6 is 0 Å². The van der Waals surface area contributed by atoms with Crippen LogP contribution in [-0.2, 0) is 22.4 Å². The van der Waals surface area contributed by atoms with Gasteiger partial charge >= 0.3 is 0 Å². The van der Waals surface area contributed by atoms with Gasteiger partial charge in [0.1, 0.15) is 11.5 Å². The number of carbonyl (C=O) groups is 2. The largest absolute Gasteiger partial charge is 0.497 e. The zero-order valence-corrected chi connectivity index (χ0v) is 16.9. The molecule has 1 aliphatic rings. The summed E-state index contributed by atoms with van der Waals surface area (Å²) in [7, 11) is 3.27. The molecule has 6 heteroatoms. The first kappa shape index (κ1) is 20.7. The molecule has 6 nitrogen and oxygen atoms in total. The van der Waals surface area contributed by atoms with E-state index in [1.165, 1.54) is 0 Å². The number of methoxy groups -OCH3 is 2. The molecule has 2 aromatic carbocycles. The Labute approximate surface area is 171 Å². The van der Waals surface area contributed by atoms with Crippen molar-refractivity contribution in [2.24, 2.45) is 11.8 Å². The molecule has 0 saturated heterocycles.